The molecular weight excluding hydrogens is 550 g/mol. The number of carbonyl (C=O) groups is 1. The first kappa shape index (κ1) is 26.9. The Balaban J connectivity index is 1.35. The molecule has 0 aliphatic heterocycles. The highest BCUT2D eigenvalue weighted by Crippen LogP contribution is 2.23. The van der Waals surface area contributed by atoms with Gasteiger partial charge in [-0.3, -0.25) is 14.2 Å². The van der Waals surface area contributed by atoms with Gasteiger partial charge in [0.15, 0.2) is 5.65 Å². The highest BCUT2D eigenvalue weighted by molar-refractivity contribution is 6.01. The van der Waals surface area contributed by atoms with Crippen molar-refractivity contribution in [2.45, 2.75) is 19.9 Å². The molecule has 0 aliphatic rings. The van der Waals surface area contributed by atoms with Crippen LogP contribution in [-0.2, 0) is 7.05 Å². The largest absolute Gasteiger partial charge is 0.349 e. The summed E-state index contributed by atoms with van der Waals surface area (Å²) < 4.78 is 5.17. The molecule has 1 N–H and O–H groups in total. The molecule has 1 amide bonds. The van der Waals surface area contributed by atoms with Crippen molar-refractivity contribution < 1.29 is 4.79 Å². The number of nitrogens with zero attached hydrogens (tertiary/aromatic N) is 6. The van der Waals surface area contributed by atoms with Gasteiger partial charge in [0.1, 0.15) is 11.4 Å². The van der Waals surface area contributed by atoms with Crippen LogP contribution in [0.25, 0.3) is 33.1 Å². The summed E-state index contributed by atoms with van der Waals surface area (Å²) in [6.07, 6.45) is 5.36. The number of hydrogen-bond acceptors (Lipinski definition) is 5. The molecule has 3 aromatic carbocycles. The zero-order valence-corrected chi connectivity index (χ0v) is 24.3. The van der Waals surface area contributed by atoms with Crippen LogP contribution in [0.3, 0.4) is 0 Å². The molecule has 0 radical (unpaired) electrons. The van der Waals surface area contributed by atoms with Gasteiger partial charge in [-0.05, 0) is 50.2 Å². The second-order valence-electron chi connectivity index (χ2n) is 10.6. The van der Waals surface area contributed by atoms with E-state index >= 15 is 0 Å². The maximum atomic E-state index is 14.4. The Morgan fingerprint density at radius 1 is 0.932 bits per heavy atom. The van der Waals surface area contributed by atoms with Gasteiger partial charge in [-0.15, -0.1) is 0 Å². The van der Waals surface area contributed by atoms with Crippen LogP contribution < -0.4 is 10.9 Å². The zero-order chi connectivity index (χ0) is 30.4. The first-order chi connectivity index (χ1) is 21.4. The normalized spacial score (nSPS) is 11.9. The summed E-state index contributed by atoms with van der Waals surface area (Å²) in [5.74, 6) is 6.57. The summed E-state index contributed by atoms with van der Waals surface area (Å²) in [6, 6.07) is 24.0. The lowest BCUT2D eigenvalue weighted by atomic mass is 10.1. The summed E-state index contributed by atoms with van der Waals surface area (Å²) in [4.78, 5) is 37.2. The van der Waals surface area contributed by atoms with Crippen molar-refractivity contribution in [3.8, 4) is 17.5 Å². The molecule has 9 heteroatoms. The summed E-state index contributed by atoms with van der Waals surface area (Å²) in [7, 11) is 1.99. The third kappa shape index (κ3) is 4.50. The van der Waals surface area contributed by atoms with Gasteiger partial charge in [-0.2, -0.15) is 5.10 Å². The first-order valence-corrected chi connectivity index (χ1v) is 14.2. The van der Waals surface area contributed by atoms with E-state index in [0.29, 0.717) is 44.9 Å². The predicted octanol–water partition coefficient (Wildman–Crippen LogP) is 5.12. The predicted molar refractivity (Wildman–Crippen MR) is 170 cm³/mol. The second-order valence-corrected chi connectivity index (χ2v) is 10.6. The molecule has 4 aromatic heterocycles. The number of carbonyl (C=O) groups excluding carboxylic acids is 1. The Kier molecular flexibility index (Phi) is 6.52. The maximum absolute atomic E-state index is 14.4. The lowest BCUT2D eigenvalue weighted by molar-refractivity contribution is 0.0938. The molecule has 1 atom stereocenters. The highest BCUT2D eigenvalue weighted by Gasteiger charge is 2.24. The van der Waals surface area contributed by atoms with E-state index in [9.17, 15) is 9.59 Å². The van der Waals surface area contributed by atoms with Crippen molar-refractivity contribution in [2.75, 3.05) is 0 Å². The average molecular weight is 578 g/mol. The SMILES string of the molecule is Cc1nn2cccnc2c1C(=O)N[C@H](C)c1nc2cccc(C#Cc3cn(C)c4ccccc34)c2c(=O)n1-c1ccccc1. The second kappa shape index (κ2) is 10.7. The van der Waals surface area contributed by atoms with Gasteiger partial charge in [0.25, 0.3) is 11.5 Å². The standard InChI is InChI=1S/C35H27N7O2/c1-22-30(33-36-19-10-20-41(33)39-22)34(43)37-23(2)32-38-28-15-9-11-24(31(28)35(44)42(32)26-12-5-4-6-13-26)17-18-25-21-40(3)29-16-8-7-14-27(25)29/h4-16,19-21,23H,1-3H3,(H,37,43)/t23-/m1/s1. The fourth-order valence-electron chi connectivity index (χ4n) is 5.64. The molecule has 44 heavy (non-hydrogen) atoms. The van der Waals surface area contributed by atoms with Gasteiger partial charge >= 0.3 is 0 Å². The lowest BCUT2D eigenvalue weighted by Gasteiger charge is -2.20. The first-order valence-electron chi connectivity index (χ1n) is 14.2. The average Bonchev–Trinajstić information content (AvgIpc) is 3.55. The lowest BCUT2D eigenvalue weighted by Crippen LogP contribution is -2.33. The van der Waals surface area contributed by atoms with Crippen LogP contribution in [0.2, 0.25) is 0 Å². The number of aromatic nitrogens is 6. The van der Waals surface area contributed by atoms with E-state index in [0.717, 1.165) is 16.5 Å². The van der Waals surface area contributed by atoms with Crippen LogP contribution in [0.1, 0.15) is 46.0 Å². The van der Waals surface area contributed by atoms with Crippen molar-refractivity contribution in [1.29, 1.82) is 0 Å². The summed E-state index contributed by atoms with van der Waals surface area (Å²) in [5, 5.41) is 8.90. The third-order valence-corrected chi connectivity index (χ3v) is 7.70. The monoisotopic (exact) mass is 577 g/mol. The van der Waals surface area contributed by atoms with Crippen LogP contribution in [0.5, 0.6) is 0 Å². The van der Waals surface area contributed by atoms with Gasteiger partial charge in [0.05, 0.1) is 33.9 Å². The van der Waals surface area contributed by atoms with E-state index in [1.807, 2.05) is 85.4 Å². The van der Waals surface area contributed by atoms with Crippen LogP contribution in [0, 0.1) is 18.8 Å². The maximum Gasteiger partial charge on any atom is 0.267 e. The van der Waals surface area contributed by atoms with Crippen molar-refractivity contribution in [3.05, 3.63) is 136 Å². The van der Waals surface area contributed by atoms with Crippen LogP contribution in [0.15, 0.2) is 102 Å². The van der Waals surface area contributed by atoms with E-state index in [1.54, 1.807) is 40.5 Å². The smallest absolute Gasteiger partial charge is 0.267 e. The molecule has 0 saturated carbocycles. The van der Waals surface area contributed by atoms with Crippen LogP contribution in [-0.4, -0.2) is 34.6 Å². The number of rotatable bonds is 4. The van der Waals surface area contributed by atoms with Crippen LogP contribution >= 0.6 is 0 Å². The molecule has 0 bridgehead atoms. The number of hydrogen-bond donors (Lipinski definition) is 1. The number of amides is 1. The third-order valence-electron chi connectivity index (χ3n) is 7.70. The Hall–Kier alpha value is -6.01. The molecule has 0 saturated heterocycles. The van der Waals surface area contributed by atoms with Gasteiger partial charge in [0.2, 0.25) is 0 Å². The Labute approximate surface area is 252 Å². The molecule has 0 unspecified atom stereocenters. The van der Waals surface area contributed by atoms with E-state index < -0.39 is 6.04 Å². The van der Waals surface area contributed by atoms with Crippen molar-refractivity contribution >= 4 is 33.4 Å². The Morgan fingerprint density at radius 2 is 1.70 bits per heavy atom. The summed E-state index contributed by atoms with van der Waals surface area (Å²) in [5.41, 5.74) is 4.78. The molecule has 0 spiro atoms. The fourth-order valence-corrected chi connectivity index (χ4v) is 5.64. The topological polar surface area (TPSA) is 99.1 Å². The minimum absolute atomic E-state index is 0.269. The van der Waals surface area contributed by atoms with E-state index in [4.69, 9.17) is 4.98 Å². The van der Waals surface area contributed by atoms with E-state index in [-0.39, 0.29) is 11.5 Å². The zero-order valence-electron chi connectivity index (χ0n) is 24.3. The molecule has 9 nitrogen and oxygen atoms in total. The highest BCUT2D eigenvalue weighted by atomic mass is 16.2. The summed E-state index contributed by atoms with van der Waals surface area (Å²) >= 11 is 0. The van der Waals surface area contributed by atoms with E-state index in [1.165, 1.54) is 0 Å². The molecule has 0 aliphatic carbocycles. The number of benzene rings is 3. The Bertz CT molecular complexity index is 2350. The summed E-state index contributed by atoms with van der Waals surface area (Å²) in [6.45, 7) is 3.58. The molecule has 4 heterocycles. The minimum atomic E-state index is -0.636. The molecule has 214 valence electrons. The van der Waals surface area contributed by atoms with E-state index in [2.05, 4.69) is 33.3 Å². The van der Waals surface area contributed by atoms with Gasteiger partial charge < -0.3 is 9.88 Å². The minimum Gasteiger partial charge on any atom is -0.349 e. The van der Waals surface area contributed by atoms with Crippen molar-refractivity contribution in [3.63, 3.8) is 0 Å². The van der Waals surface area contributed by atoms with Crippen molar-refractivity contribution in [1.82, 2.24) is 34.0 Å². The van der Waals surface area contributed by atoms with Gasteiger partial charge in [-0.25, -0.2) is 14.5 Å². The van der Waals surface area contributed by atoms with Crippen LogP contribution in [0.4, 0.5) is 0 Å². The molecule has 7 rings (SSSR count). The number of nitrogens with one attached hydrogen (secondary N) is 1. The Morgan fingerprint density at radius 3 is 2.55 bits per heavy atom. The molecule has 7 aromatic rings. The number of para-hydroxylation sites is 2. The van der Waals surface area contributed by atoms with Gasteiger partial charge in [0, 0.05) is 42.1 Å². The van der Waals surface area contributed by atoms with Gasteiger partial charge in [-0.1, -0.05) is 54.3 Å². The van der Waals surface area contributed by atoms with Crippen molar-refractivity contribution in [2.24, 2.45) is 7.05 Å². The molecular formula is C35H27N7O2. The molecule has 0 fully saturated rings. The number of aryl methyl sites for hydroxylation is 2. The quantitative estimate of drug-likeness (QED) is 0.293. The fraction of sp³-hybridized carbons (Fsp3) is 0.114. The number of fused-ring (bicyclic) bond motifs is 3.